The molecule has 5 heteroatoms. The van der Waals surface area contributed by atoms with Crippen molar-refractivity contribution >= 4 is 11.9 Å². The number of carbonyl (C=O) groups excluding carboxylic acids is 2. The van der Waals surface area contributed by atoms with Gasteiger partial charge >= 0.3 is 6.03 Å². The number of hydrogen-bond donors (Lipinski definition) is 2. The van der Waals surface area contributed by atoms with Gasteiger partial charge in [0.1, 0.15) is 5.54 Å². The maximum atomic E-state index is 12.1. The number of aliphatic hydroxyl groups is 1. The molecule has 2 N–H and O–H groups in total. The van der Waals surface area contributed by atoms with E-state index in [9.17, 15) is 14.7 Å². The number of rotatable bonds is 3. The first-order chi connectivity index (χ1) is 8.35. The smallest absolute Gasteiger partial charge is 0.325 e. The van der Waals surface area contributed by atoms with Crippen LogP contribution in [0.3, 0.4) is 0 Å². The molecule has 2 aliphatic rings. The summed E-state index contributed by atoms with van der Waals surface area (Å²) in [5.74, 6) is -0.150. The highest BCUT2D eigenvalue weighted by atomic mass is 16.3. The van der Waals surface area contributed by atoms with E-state index in [1.807, 2.05) is 0 Å². The van der Waals surface area contributed by atoms with Crippen molar-refractivity contribution in [1.29, 1.82) is 0 Å². The van der Waals surface area contributed by atoms with Crippen LogP contribution in [0, 0.1) is 0 Å². The van der Waals surface area contributed by atoms with Gasteiger partial charge in [-0.2, -0.15) is 0 Å². The highest BCUT2D eigenvalue weighted by Gasteiger charge is 2.52. The number of nitrogens with zero attached hydrogens (tertiary/aromatic N) is 1. The van der Waals surface area contributed by atoms with Crippen LogP contribution in [-0.4, -0.2) is 39.6 Å². The van der Waals surface area contributed by atoms with Crippen molar-refractivity contribution in [3.8, 4) is 0 Å². The Morgan fingerprint density at radius 1 is 1.28 bits per heavy atom. The Kier molecular flexibility index (Phi) is 3.36. The van der Waals surface area contributed by atoms with E-state index >= 15 is 0 Å². The van der Waals surface area contributed by atoms with Gasteiger partial charge < -0.3 is 10.0 Å². The van der Waals surface area contributed by atoms with E-state index in [1.165, 1.54) is 0 Å². The Bertz CT molecular complexity index is 354. The van der Waals surface area contributed by atoms with Crippen molar-refractivity contribution in [1.82, 2.24) is 10.2 Å². The summed E-state index contributed by atoms with van der Waals surface area (Å²) in [6.45, 7) is 3.87. The van der Waals surface area contributed by atoms with Crippen molar-refractivity contribution in [2.45, 2.75) is 63.5 Å². The summed E-state index contributed by atoms with van der Waals surface area (Å²) >= 11 is 0. The van der Waals surface area contributed by atoms with Crippen LogP contribution in [0.4, 0.5) is 4.79 Å². The minimum absolute atomic E-state index is 0.150. The molecule has 1 heterocycles. The maximum absolute atomic E-state index is 12.1. The lowest BCUT2D eigenvalue weighted by atomic mass is 9.80. The molecule has 2 fully saturated rings. The molecule has 0 aromatic heterocycles. The Balaban J connectivity index is 2.14. The predicted molar refractivity (Wildman–Crippen MR) is 67.0 cm³/mol. The Morgan fingerprint density at radius 3 is 2.44 bits per heavy atom. The predicted octanol–water partition coefficient (Wildman–Crippen LogP) is 1.40. The van der Waals surface area contributed by atoms with Crippen molar-refractivity contribution < 1.29 is 14.7 Å². The van der Waals surface area contributed by atoms with Gasteiger partial charge in [0, 0.05) is 6.54 Å². The van der Waals surface area contributed by atoms with Gasteiger partial charge in [-0.3, -0.25) is 10.1 Å². The van der Waals surface area contributed by atoms with Crippen LogP contribution in [-0.2, 0) is 4.79 Å². The van der Waals surface area contributed by atoms with Crippen LogP contribution in [0.2, 0.25) is 0 Å². The number of amides is 3. The monoisotopic (exact) mass is 254 g/mol. The highest BCUT2D eigenvalue weighted by Crippen LogP contribution is 2.37. The van der Waals surface area contributed by atoms with E-state index in [0.29, 0.717) is 13.0 Å². The molecule has 3 amide bonds. The van der Waals surface area contributed by atoms with E-state index in [0.717, 1.165) is 32.1 Å². The van der Waals surface area contributed by atoms with Crippen LogP contribution in [0.25, 0.3) is 0 Å². The fourth-order valence-corrected chi connectivity index (χ4v) is 2.93. The lowest BCUT2D eigenvalue weighted by Gasteiger charge is -2.39. The molecular formula is C13H22N2O3. The summed E-state index contributed by atoms with van der Waals surface area (Å²) in [4.78, 5) is 25.6. The summed E-state index contributed by atoms with van der Waals surface area (Å²) in [7, 11) is 0. The second kappa shape index (κ2) is 4.53. The zero-order valence-electron chi connectivity index (χ0n) is 11.2. The van der Waals surface area contributed by atoms with Gasteiger partial charge in [-0.05, 0) is 33.1 Å². The van der Waals surface area contributed by atoms with Crippen LogP contribution in [0.15, 0.2) is 0 Å². The molecule has 0 bridgehead atoms. The average molecular weight is 254 g/mol. The van der Waals surface area contributed by atoms with E-state index in [2.05, 4.69) is 5.32 Å². The second-order valence-electron chi connectivity index (χ2n) is 6.07. The first-order valence-corrected chi connectivity index (χ1v) is 6.71. The summed E-state index contributed by atoms with van der Waals surface area (Å²) in [5.41, 5.74) is -1.46. The molecular weight excluding hydrogens is 232 g/mol. The summed E-state index contributed by atoms with van der Waals surface area (Å²) in [5, 5.41) is 12.2. The first kappa shape index (κ1) is 13.3. The molecule has 5 nitrogen and oxygen atoms in total. The minimum atomic E-state index is -0.818. The average Bonchev–Trinajstić information content (AvgIpc) is 2.49. The topological polar surface area (TPSA) is 69.6 Å². The number of carbonyl (C=O) groups is 2. The molecule has 18 heavy (non-hydrogen) atoms. The highest BCUT2D eigenvalue weighted by molar-refractivity contribution is 6.07. The Hall–Kier alpha value is -1.10. The standard InChI is InChI=1S/C13H22N2O3/c1-12(2,18)8-9-15-11(17)14-10(16)13(15)6-4-3-5-7-13/h18H,3-9H2,1-2H3,(H,14,16,17). The number of nitrogens with one attached hydrogen (secondary N) is 1. The molecule has 0 unspecified atom stereocenters. The molecule has 1 saturated carbocycles. The largest absolute Gasteiger partial charge is 0.390 e. The van der Waals surface area contributed by atoms with Gasteiger partial charge in [0.25, 0.3) is 5.91 Å². The first-order valence-electron chi connectivity index (χ1n) is 6.71. The molecule has 1 spiro atoms. The van der Waals surface area contributed by atoms with Crippen molar-refractivity contribution in [3.05, 3.63) is 0 Å². The molecule has 0 aromatic carbocycles. The molecule has 0 atom stereocenters. The van der Waals surface area contributed by atoms with Crippen molar-refractivity contribution in [2.24, 2.45) is 0 Å². The normalized spacial score (nSPS) is 23.6. The third-order valence-corrected chi connectivity index (χ3v) is 4.03. The van der Waals surface area contributed by atoms with Gasteiger partial charge in [-0.1, -0.05) is 19.3 Å². The second-order valence-corrected chi connectivity index (χ2v) is 6.07. The van der Waals surface area contributed by atoms with E-state index in [1.54, 1.807) is 18.7 Å². The van der Waals surface area contributed by atoms with Crippen LogP contribution < -0.4 is 5.32 Å². The third kappa shape index (κ3) is 2.36. The molecule has 2 rings (SSSR count). The van der Waals surface area contributed by atoms with Gasteiger partial charge in [-0.25, -0.2) is 4.79 Å². The zero-order chi connectivity index (χ0) is 13.4. The Morgan fingerprint density at radius 2 is 1.89 bits per heavy atom. The van der Waals surface area contributed by atoms with Gasteiger partial charge in [0.15, 0.2) is 0 Å². The van der Waals surface area contributed by atoms with Crippen molar-refractivity contribution in [2.75, 3.05) is 6.54 Å². The molecule has 102 valence electrons. The Labute approximate surface area is 108 Å². The fourth-order valence-electron chi connectivity index (χ4n) is 2.93. The fraction of sp³-hybridized carbons (Fsp3) is 0.846. The van der Waals surface area contributed by atoms with Crippen LogP contribution in [0.5, 0.6) is 0 Å². The molecule has 0 aromatic rings. The lowest BCUT2D eigenvalue weighted by Crippen LogP contribution is -2.52. The van der Waals surface area contributed by atoms with Gasteiger partial charge in [0.05, 0.1) is 5.60 Å². The van der Waals surface area contributed by atoms with E-state index < -0.39 is 11.1 Å². The van der Waals surface area contributed by atoms with E-state index in [-0.39, 0.29) is 11.9 Å². The SMILES string of the molecule is CC(C)(O)CCN1C(=O)NC(=O)C12CCCCC2. The zero-order valence-corrected chi connectivity index (χ0v) is 11.2. The third-order valence-electron chi connectivity index (χ3n) is 4.03. The van der Waals surface area contributed by atoms with Gasteiger partial charge in [0.2, 0.25) is 0 Å². The quantitative estimate of drug-likeness (QED) is 0.748. The van der Waals surface area contributed by atoms with E-state index in [4.69, 9.17) is 0 Å². The minimum Gasteiger partial charge on any atom is -0.390 e. The maximum Gasteiger partial charge on any atom is 0.325 e. The molecule has 1 aliphatic carbocycles. The summed E-state index contributed by atoms with van der Waals surface area (Å²) in [6.07, 6.45) is 5.07. The molecule has 1 aliphatic heterocycles. The summed E-state index contributed by atoms with van der Waals surface area (Å²) < 4.78 is 0. The summed E-state index contributed by atoms with van der Waals surface area (Å²) in [6, 6.07) is -0.300. The van der Waals surface area contributed by atoms with Gasteiger partial charge in [-0.15, -0.1) is 0 Å². The molecule has 1 saturated heterocycles. The van der Waals surface area contributed by atoms with Crippen LogP contribution in [0.1, 0.15) is 52.4 Å². The number of imide groups is 1. The van der Waals surface area contributed by atoms with Crippen LogP contribution >= 0.6 is 0 Å². The molecule has 0 radical (unpaired) electrons. The number of urea groups is 1. The lowest BCUT2D eigenvalue weighted by molar-refractivity contribution is -0.128. The van der Waals surface area contributed by atoms with Crippen molar-refractivity contribution in [3.63, 3.8) is 0 Å². The number of hydrogen-bond acceptors (Lipinski definition) is 3.